The molecule has 6 heavy (non-hydrogen) atoms. The van der Waals surface area contributed by atoms with Crippen LogP contribution in [-0.4, -0.2) is 18.5 Å². The van der Waals surface area contributed by atoms with E-state index in [-0.39, 0.29) is 0 Å². The molecular formula is C4H10O2. The molecule has 0 aliphatic heterocycles. The number of carbonyl (C=O) groups excluding carboxylic acids is 1. The van der Waals surface area contributed by atoms with Crippen molar-refractivity contribution in [3.8, 4) is 0 Å². The summed E-state index contributed by atoms with van der Waals surface area (Å²) >= 11 is 0. The van der Waals surface area contributed by atoms with Crippen molar-refractivity contribution in [3.63, 3.8) is 0 Å². The molecule has 0 aliphatic rings. The lowest BCUT2D eigenvalue weighted by Gasteiger charge is -1.69. The van der Waals surface area contributed by atoms with Crippen LogP contribution in [0, 0.1) is 0 Å². The van der Waals surface area contributed by atoms with Crippen molar-refractivity contribution in [1.82, 2.24) is 0 Å². The van der Waals surface area contributed by atoms with Gasteiger partial charge in [0.05, 0.1) is 0 Å². The molecule has 1 N–H and O–H groups in total. The molecule has 2 heteroatoms. The minimum absolute atomic E-state index is 0.319. The maximum Gasteiger partial charge on any atom is 0.106 e. The zero-order chi connectivity index (χ0) is 5.41. The van der Waals surface area contributed by atoms with Crippen LogP contribution in [0.3, 0.4) is 0 Å². The van der Waals surface area contributed by atoms with Crippen LogP contribution in [0.25, 0.3) is 0 Å². The smallest absolute Gasteiger partial charge is 0.106 e. The highest BCUT2D eigenvalue weighted by atomic mass is 16.2. The van der Waals surface area contributed by atoms with Crippen LogP contribution in [0.2, 0.25) is 0 Å². The zero-order valence-corrected chi connectivity index (χ0v) is 3.98. The predicted octanol–water partition coefficient (Wildman–Crippen LogP) is 0.204. The van der Waals surface area contributed by atoms with E-state index in [9.17, 15) is 0 Å². The Balaban J connectivity index is 0. The van der Waals surface area contributed by atoms with Crippen molar-refractivity contribution in [3.05, 3.63) is 0 Å². The summed E-state index contributed by atoms with van der Waals surface area (Å²) in [6, 6.07) is 0. The van der Waals surface area contributed by atoms with Gasteiger partial charge in [-0.3, -0.25) is 0 Å². The highest BCUT2D eigenvalue weighted by Crippen LogP contribution is 1.61. The van der Waals surface area contributed by atoms with Crippen LogP contribution in [0.4, 0.5) is 0 Å². The number of carbonyl (C=O) groups is 1. The Bertz CT molecular complexity index is 13.0. The van der Waals surface area contributed by atoms with Crippen LogP contribution in [0.5, 0.6) is 0 Å². The molecule has 0 aromatic heterocycles. The monoisotopic (exact) mass is 90.1 g/mol. The fourth-order valence-corrected chi connectivity index (χ4v) is 0. The summed E-state index contributed by atoms with van der Waals surface area (Å²) in [4.78, 5) is 8.00. The number of rotatable bonds is 1. The lowest BCUT2D eigenvalue weighted by Crippen LogP contribution is -1.69. The standard InChI is InChI=1S/C3H8O.CH2O/c1-2-3-4;1-2/h4H,2-3H2,1H3;1H2. The number of aliphatic hydroxyl groups is 1. The van der Waals surface area contributed by atoms with Crippen molar-refractivity contribution in [2.45, 2.75) is 13.3 Å². The minimum atomic E-state index is 0.319. The Morgan fingerprint density at radius 3 is 1.83 bits per heavy atom. The van der Waals surface area contributed by atoms with Gasteiger partial charge in [-0.1, -0.05) is 6.92 Å². The van der Waals surface area contributed by atoms with E-state index in [1.165, 1.54) is 0 Å². The van der Waals surface area contributed by atoms with E-state index >= 15 is 0 Å². The van der Waals surface area contributed by atoms with E-state index in [4.69, 9.17) is 9.90 Å². The molecule has 0 atom stereocenters. The summed E-state index contributed by atoms with van der Waals surface area (Å²) in [6.07, 6.45) is 0.875. The number of aliphatic hydroxyl groups excluding tert-OH is 1. The molecule has 0 bridgehead atoms. The molecule has 0 unspecified atom stereocenters. The first-order valence-electron chi connectivity index (χ1n) is 1.81. The van der Waals surface area contributed by atoms with Crippen molar-refractivity contribution in [2.24, 2.45) is 0 Å². The van der Waals surface area contributed by atoms with E-state index in [2.05, 4.69) is 0 Å². The van der Waals surface area contributed by atoms with Gasteiger partial charge < -0.3 is 9.90 Å². The fourth-order valence-electron chi connectivity index (χ4n) is 0. The lowest BCUT2D eigenvalue weighted by atomic mass is 10.5. The lowest BCUT2D eigenvalue weighted by molar-refractivity contribution is -0.0979. The molecule has 0 amide bonds. The van der Waals surface area contributed by atoms with Crippen LogP contribution < -0.4 is 0 Å². The minimum Gasteiger partial charge on any atom is -0.396 e. The third-order valence-corrected chi connectivity index (χ3v) is 0.224. The Morgan fingerprint density at radius 1 is 1.67 bits per heavy atom. The molecule has 0 fully saturated rings. The van der Waals surface area contributed by atoms with Gasteiger partial charge in [0.2, 0.25) is 0 Å². The average molecular weight is 90.1 g/mol. The molecule has 0 saturated carbocycles. The second kappa shape index (κ2) is 23.0. The molecule has 38 valence electrons. The van der Waals surface area contributed by atoms with E-state index < -0.39 is 0 Å². The summed E-state index contributed by atoms with van der Waals surface area (Å²) in [6.45, 7) is 4.25. The van der Waals surface area contributed by atoms with Crippen molar-refractivity contribution < 1.29 is 9.90 Å². The SMILES string of the molecule is C=O.CCCO. The third-order valence-electron chi connectivity index (χ3n) is 0.224. The Labute approximate surface area is 37.8 Å². The van der Waals surface area contributed by atoms with Gasteiger partial charge in [-0.25, -0.2) is 0 Å². The quantitative estimate of drug-likeness (QED) is 0.499. The Hall–Kier alpha value is -0.370. The van der Waals surface area contributed by atoms with Crippen molar-refractivity contribution in [2.75, 3.05) is 6.61 Å². The van der Waals surface area contributed by atoms with Gasteiger partial charge in [-0.15, -0.1) is 0 Å². The summed E-state index contributed by atoms with van der Waals surface area (Å²) in [5, 5.41) is 7.88. The van der Waals surface area contributed by atoms with Gasteiger partial charge >= 0.3 is 0 Å². The summed E-state index contributed by atoms with van der Waals surface area (Å²) in [5.41, 5.74) is 0. The molecule has 0 radical (unpaired) electrons. The van der Waals surface area contributed by atoms with Crippen molar-refractivity contribution >= 4 is 6.79 Å². The first kappa shape index (κ1) is 9.16. The fraction of sp³-hybridized carbons (Fsp3) is 0.750. The van der Waals surface area contributed by atoms with Gasteiger partial charge in [-0.2, -0.15) is 0 Å². The molecule has 0 aromatic carbocycles. The molecule has 2 nitrogen and oxygen atoms in total. The average Bonchev–Trinajstić information content (AvgIpc) is 1.72. The third kappa shape index (κ3) is 63.3. The van der Waals surface area contributed by atoms with Gasteiger partial charge in [0.1, 0.15) is 6.79 Å². The van der Waals surface area contributed by atoms with Gasteiger partial charge in [0.25, 0.3) is 0 Å². The molecule has 0 spiro atoms. The van der Waals surface area contributed by atoms with E-state index in [1.807, 2.05) is 13.7 Å². The summed E-state index contributed by atoms with van der Waals surface area (Å²) < 4.78 is 0. The van der Waals surface area contributed by atoms with Crippen LogP contribution >= 0.6 is 0 Å². The molecule has 0 aromatic rings. The second-order valence-electron chi connectivity index (χ2n) is 0.724. The molecule has 0 saturated heterocycles. The molecule has 0 rings (SSSR count). The summed E-state index contributed by atoms with van der Waals surface area (Å²) in [5.74, 6) is 0. The highest BCUT2D eigenvalue weighted by molar-refractivity contribution is 5.10. The maximum absolute atomic E-state index is 8.00. The first-order valence-corrected chi connectivity index (χ1v) is 1.81. The topological polar surface area (TPSA) is 37.3 Å². The van der Waals surface area contributed by atoms with Crippen LogP contribution in [0.15, 0.2) is 0 Å². The largest absolute Gasteiger partial charge is 0.396 e. The van der Waals surface area contributed by atoms with Gasteiger partial charge in [-0.05, 0) is 6.42 Å². The van der Waals surface area contributed by atoms with Crippen molar-refractivity contribution in [1.29, 1.82) is 0 Å². The predicted molar refractivity (Wildman–Crippen MR) is 24.5 cm³/mol. The van der Waals surface area contributed by atoms with Gasteiger partial charge in [0, 0.05) is 6.61 Å². The Kier molecular flexibility index (Phi) is 35.1. The van der Waals surface area contributed by atoms with E-state index in [1.54, 1.807) is 0 Å². The zero-order valence-electron chi connectivity index (χ0n) is 3.98. The van der Waals surface area contributed by atoms with E-state index in [0.29, 0.717) is 6.61 Å². The number of hydrogen-bond acceptors (Lipinski definition) is 2. The Morgan fingerprint density at radius 2 is 1.83 bits per heavy atom. The molecule has 0 heterocycles. The second-order valence-corrected chi connectivity index (χ2v) is 0.724. The highest BCUT2D eigenvalue weighted by Gasteiger charge is 1.57. The van der Waals surface area contributed by atoms with Crippen LogP contribution in [0.1, 0.15) is 13.3 Å². The van der Waals surface area contributed by atoms with Gasteiger partial charge in [0.15, 0.2) is 0 Å². The summed E-state index contributed by atoms with van der Waals surface area (Å²) in [7, 11) is 0. The first-order chi connectivity index (χ1) is 2.91. The van der Waals surface area contributed by atoms with Crippen LogP contribution in [-0.2, 0) is 4.79 Å². The van der Waals surface area contributed by atoms with E-state index in [0.717, 1.165) is 6.42 Å². The normalized spacial score (nSPS) is 5.67. The number of hydrogen-bond donors (Lipinski definition) is 1. The molecular weight excluding hydrogens is 80.0 g/mol. The maximum atomic E-state index is 8.00. The molecule has 0 aliphatic carbocycles.